The summed E-state index contributed by atoms with van der Waals surface area (Å²) in [5, 5.41) is 3.06. The van der Waals surface area contributed by atoms with Gasteiger partial charge in [0, 0.05) is 31.4 Å². The summed E-state index contributed by atoms with van der Waals surface area (Å²) in [4.78, 5) is 31.1. The van der Waals surface area contributed by atoms with Crippen molar-refractivity contribution in [3.63, 3.8) is 0 Å². The number of aromatic nitrogens is 2. The van der Waals surface area contributed by atoms with Crippen LogP contribution in [-0.4, -0.2) is 34.6 Å². The predicted octanol–water partition coefficient (Wildman–Crippen LogP) is 2.72. The lowest BCUT2D eigenvalue weighted by atomic mass is 9.90. The van der Waals surface area contributed by atoms with Gasteiger partial charge in [0.15, 0.2) is 5.58 Å². The third-order valence-corrected chi connectivity index (χ3v) is 5.65. The number of rotatable bonds is 5. The zero-order valence-electron chi connectivity index (χ0n) is 16.8. The van der Waals surface area contributed by atoms with E-state index in [9.17, 15) is 9.59 Å². The van der Waals surface area contributed by atoms with Crippen molar-refractivity contribution in [2.24, 2.45) is 5.92 Å². The highest BCUT2D eigenvalue weighted by atomic mass is 16.4. The van der Waals surface area contributed by atoms with Crippen LogP contribution in [-0.2, 0) is 11.3 Å². The Morgan fingerprint density at radius 3 is 2.76 bits per heavy atom. The topological polar surface area (TPSA) is 80.4 Å². The summed E-state index contributed by atoms with van der Waals surface area (Å²) in [5.74, 6) is 0.249. The molecule has 0 saturated carbocycles. The van der Waals surface area contributed by atoms with Crippen LogP contribution < -0.4 is 15.8 Å². The molecule has 0 aliphatic carbocycles. The van der Waals surface area contributed by atoms with Gasteiger partial charge in [0.25, 0.3) is 11.6 Å². The van der Waals surface area contributed by atoms with E-state index in [-0.39, 0.29) is 24.1 Å². The first kappa shape index (κ1) is 19.2. The lowest BCUT2D eigenvalue weighted by molar-refractivity contribution is -0.122. The molecule has 7 heteroatoms. The molecule has 3 aromatic rings. The van der Waals surface area contributed by atoms with E-state index in [4.69, 9.17) is 4.42 Å². The van der Waals surface area contributed by atoms with Gasteiger partial charge in [-0.3, -0.25) is 9.59 Å². The molecule has 0 unspecified atom stereocenters. The second kappa shape index (κ2) is 8.11. The molecule has 1 N–H and O–H groups in total. The van der Waals surface area contributed by atoms with Crippen LogP contribution >= 0.6 is 0 Å². The first-order chi connectivity index (χ1) is 14.0. The van der Waals surface area contributed by atoms with Gasteiger partial charge >= 0.3 is 0 Å². The summed E-state index contributed by atoms with van der Waals surface area (Å²) in [6, 6.07) is 11.9. The van der Waals surface area contributed by atoms with Crippen LogP contribution in [0, 0.1) is 12.8 Å². The SMILES string of the molecule is Cc1ccn(CC(=O)N[C@H](C)C2CCN(c3nc4ccccc4o3)CC2)c(=O)c1. The molecule has 1 atom stereocenters. The Morgan fingerprint density at radius 2 is 2.03 bits per heavy atom. The van der Waals surface area contributed by atoms with Crippen LogP contribution in [0.25, 0.3) is 11.1 Å². The van der Waals surface area contributed by atoms with Crippen LogP contribution in [0.5, 0.6) is 0 Å². The zero-order valence-corrected chi connectivity index (χ0v) is 16.8. The number of piperidine rings is 1. The Bertz CT molecular complexity index is 1030. The molecule has 0 bridgehead atoms. The zero-order chi connectivity index (χ0) is 20.4. The van der Waals surface area contributed by atoms with Crippen molar-refractivity contribution in [1.82, 2.24) is 14.9 Å². The molecule has 29 heavy (non-hydrogen) atoms. The molecule has 1 aromatic carbocycles. The maximum Gasteiger partial charge on any atom is 0.298 e. The third-order valence-electron chi connectivity index (χ3n) is 5.65. The summed E-state index contributed by atoms with van der Waals surface area (Å²) in [5.41, 5.74) is 2.42. The summed E-state index contributed by atoms with van der Waals surface area (Å²) in [6.45, 7) is 5.63. The van der Waals surface area contributed by atoms with Crippen LogP contribution in [0.4, 0.5) is 6.01 Å². The predicted molar refractivity (Wildman–Crippen MR) is 112 cm³/mol. The number of nitrogens with one attached hydrogen (secondary N) is 1. The van der Waals surface area contributed by atoms with Crippen molar-refractivity contribution in [2.75, 3.05) is 18.0 Å². The number of carbonyl (C=O) groups excluding carboxylic acids is 1. The molecule has 2 aromatic heterocycles. The number of amides is 1. The minimum Gasteiger partial charge on any atom is -0.423 e. The highest BCUT2D eigenvalue weighted by Crippen LogP contribution is 2.27. The summed E-state index contributed by atoms with van der Waals surface area (Å²) in [7, 11) is 0. The quantitative estimate of drug-likeness (QED) is 0.720. The van der Waals surface area contributed by atoms with E-state index < -0.39 is 0 Å². The van der Waals surface area contributed by atoms with E-state index in [0.29, 0.717) is 11.9 Å². The number of benzene rings is 1. The molecule has 152 valence electrons. The van der Waals surface area contributed by atoms with Crippen molar-refractivity contribution in [3.8, 4) is 0 Å². The second-order valence-corrected chi connectivity index (χ2v) is 7.82. The lowest BCUT2D eigenvalue weighted by Gasteiger charge is -2.34. The van der Waals surface area contributed by atoms with Gasteiger partial charge in [0.1, 0.15) is 12.1 Å². The number of pyridine rings is 1. The number of carbonyl (C=O) groups is 1. The molecule has 1 amide bonds. The first-order valence-electron chi connectivity index (χ1n) is 10.1. The molecule has 3 heterocycles. The number of anilines is 1. The summed E-state index contributed by atoms with van der Waals surface area (Å²) >= 11 is 0. The highest BCUT2D eigenvalue weighted by molar-refractivity contribution is 5.76. The van der Waals surface area contributed by atoms with Crippen LogP contribution in [0.2, 0.25) is 0 Å². The van der Waals surface area contributed by atoms with Crippen molar-refractivity contribution >= 4 is 23.0 Å². The second-order valence-electron chi connectivity index (χ2n) is 7.82. The number of aryl methyl sites for hydroxylation is 1. The van der Waals surface area contributed by atoms with E-state index in [1.165, 1.54) is 4.57 Å². The molecule has 0 spiro atoms. The Kier molecular flexibility index (Phi) is 5.38. The average Bonchev–Trinajstić information content (AvgIpc) is 3.14. The minimum absolute atomic E-state index is 0.0468. The number of nitrogens with zero attached hydrogens (tertiary/aromatic N) is 3. The molecule has 0 radical (unpaired) electrons. The Hall–Kier alpha value is -3.09. The van der Waals surface area contributed by atoms with E-state index in [1.807, 2.05) is 44.2 Å². The smallest absolute Gasteiger partial charge is 0.298 e. The Morgan fingerprint density at radius 1 is 1.28 bits per heavy atom. The standard InChI is InChI=1S/C22H26N4O3/c1-15-7-10-26(21(28)13-15)14-20(27)23-16(2)17-8-11-25(12-9-17)22-24-18-5-3-4-6-19(18)29-22/h3-7,10,13,16-17H,8-9,11-12,14H2,1-2H3,(H,23,27)/t16-/m1/s1. The fourth-order valence-corrected chi connectivity index (χ4v) is 3.90. The maximum absolute atomic E-state index is 12.4. The van der Waals surface area contributed by atoms with Crippen molar-refractivity contribution in [1.29, 1.82) is 0 Å². The largest absolute Gasteiger partial charge is 0.423 e. The molecule has 4 rings (SSSR count). The van der Waals surface area contributed by atoms with Crippen molar-refractivity contribution in [3.05, 3.63) is 58.5 Å². The molecule has 1 aliphatic rings. The molecular weight excluding hydrogens is 368 g/mol. The van der Waals surface area contributed by atoms with E-state index >= 15 is 0 Å². The van der Waals surface area contributed by atoms with Gasteiger partial charge in [-0.05, 0) is 56.4 Å². The van der Waals surface area contributed by atoms with Gasteiger partial charge in [-0.2, -0.15) is 4.98 Å². The van der Waals surface area contributed by atoms with Gasteiger partial charge in [0.05, 0.1) is 0 Å². The third kappa shape index (κ3) is 4.34. The van der Waals surface area contributed by atoms with Gasteiger partial charge < -0.3 is 19.2 Å². The molecule has 1 saturated heterocycles. The molecule has 1 fully saturated rings. The summed E-state index contributed by atoms with van der Waals surface area (Å²) < 4.78 is 7.30. The molecule has 7 nitrogen and oxygen atoms in total. The van der Waals surface area contributed by atoms with E-state index in [1.54, 1.807) is 12.3 Å². The number of oxazole rings is 1. The van der Waals surface area contributed by atoms with Gasteiger partial charge in [-0.1, -0.05) is 12.1 Å². The van der Waals surface area contributed by atoms with Gasteiger partial charge in [-0.15, -0.1) is 0 Å². The Balaban J connectivity index is 1.31. The molecular formula is C22H26N4O3. The number of hydrogen-bond acceptors (Lipinski definition) is 5. The van der Waals surface area contributed by atoms with Gasteiger partial charge in [-0.25, -0.2) is 0 Å². The first-order valence-corrected chi connectivity index (χ1v) is 10.1. The average molecular weight is 394 g/mol. The van der Waals surface area contributed by atoms with Crippen LogP contribution in [0.1, 0.15) is 25.3 Å². The minimum atomic E-state index is -0.153. The van der Waals surface area contributed by atoms with E-state index in [2.05, 4.69) is 15.2 Å². The van der Waals surface area contributed by atoms with Gasteiger partial charge in [0.2, 0.25) is 5.91 Å². The van der Waals surface area contributed by atoms with Crippen molar-refractivity contribution < 1.29 is 9.21 Å². The number of hydrogen-bond donors (Lipinski definition) is 1. The monoisotopic (exact) mass is 394 g/mol. The highest BCUT2D eigenvalue weighted by Gasteiger charge is 2.27. The fourth-order valence-electron chi connectivity index (χ4n) is 3.90. The van der Waals surface area contributed by atoms with Crippen LogP contribution in [0.3, 0.4) is 0 Å². The maximum atomic E-state index is 12.4. The number of fused-ring (bicyclic) bond motifs is 1. The van der Waals surface area contributed by atoms with E-state index in [0.717, 1.165) is 42.6 Å². The Labute approximate surface area is 169 Å². The molecule has 1 aliphatic heterocycles. The normalized spacial score (nSPS) is 16.1. The summed E-state index contributed by atoms with van der Waals surface area (Å²) in [6.07, 6.45) is 3.57. The lowest BCUT2D eigenvalue weighted by Crippen LogP contribution is -2.45. The van der Waals surface area contributed by atoms with Crippen molar-refractivity contribution in [2.45, 2.75) is 39.3 Å². The fraction of sp³-hybridized carbons (Fsp3) is 0.409. The number of para-hydroxylation sites is 2. The van der Waals surface area contributed by atoms with Crippen LogP contribution in [0.15, 0.2) is 51.8 Å².